The highest BCUT2D eigenvalue weighted by atomic mass is 16.1. The van der Waals surface area contributed by atoms with E-state index in [4.69, 9.17) is 4.98 Å². The van der Waals surface area contributed by atoms with Gasteiger partial charge in [0.05, 0.1) is 5.69 Å². The summed E-state index contributed by atoms with van der Waals surface area (Å²) < 4.78 is 2.30. The van der Waals surface area contributed by atoms with E-state index in [1.807, 2.05) is 37.4 Å². The molecule has 4 rings (SSSR count). The molecule has 1 fully saturated rings. The summed E-state index contributed by atoms with van der Waals surface area (Å²) >= 11 is 0. The van der Waals surface area contributed by atoms with Crippen LogP contribution in [-0.4, -0.2) is 28.4 Å². The molecule has 122 valence electrons. The average molecular weight is 319 g/mol. The van der Waals surface area contributed by atoms with Crippen molar-refractivity contribution in [1.29, 1.82) is 0 Å². The maximum absolute atomic E-state index is 11.4. The highest BCUT2D eigenvalue weighted by Crippen LogP contribution is 2.35. The van der Waals surface area contributed by atoms with Crippen molar-refractivity contribution < 1.29 is 4.79 Å². The minimum atomic E-state index is 0.0860. The smallest absolute Gasteiger partial charge is 0.159 e. The van der Waals surface area contributed by atoms with Crippen LogP contribution in [-0.2, 0) is 0 Å². The van der Waals surface area contributed by atoms with Crippen molar-refractivity contribution in [2.24, 2.45) is 0 Å². The van der Waals surface area contributed by atoms with E-state index in [2.05, 4.69) is 28.2 Å². The van der Waals surface area contributed by atoms with Gasteiger partial charge in [0.1, 0.15) is 5.65 Å². The van der Waals surface area contributed by atoms with Gasteiger partial charge in [0, 0.05) is 34.8 Å². The quantitative estimate of drug-likeness (QED) is 0.744. The Bertz CT molecular complexity index is 889. The van der Waals surface area contributed by atoms with Gasteiger partial charge in [0.25, 0.3) is 0 Å². The second-order valence-corrected chi connectivity index (χ2v) is 6.58. The van der Waals surface area contributed by atoms with E-state index < -0.39 is 0 Å². The van der Waals surface area contributed by atoms with Crippen LogP contribution in [0.25, 0.3) is 22.3 Å². The van der Waals surface area contributed by atoms with Crippen LogP contribution in [0.3, 0.4) is 0 Å². The molecule has 2 heterocycles. The summed E-state index contributed by atoms with van der Waals surface area (Å²) in [6.45, 7) is 1.59. The van der Waals surface area contributed by atoms with Crippen LogP contribution in [0.4, 0.5) is 0 Å². The number of ketones is 1. The molecular formula is C20H21N3O. The lowest BCUT2D eigenvalue weighted by Gasteiger charge is -2.36. The minimum absolute atomic E-state index is 0.0860. The lowest BCUT2D eigenvalue weighted by molar-refractivity contribution is 0.101. The predicted molar refractivity (Wildman–Crippen MR) is 96.3 cm³/mol. The van der Waals surface area contributed by atoms with Crippen molar-refractivity contribution in [2.45, 2.75) is 31.8 Å². The third-order valence-electron chi connectivity index (χ3n) is 5.07. The highest BCUT2D eigenvalue weighted by molar-refractivity contribution is 5.94. The molecule has 1 aliphatic carbocycles. The molecule has 0 spiro atoms. The van der Waals surface area contributed by atoms with E-state index in [9.17, 15) is 4.79 Å². The Kier molecular flexibility index (Phi) is 3.69. The van der Waals surface area contributed by atoms with Crippen molar-refractivity contribution in [3.8, 4) is 11.3 Å². The van der Waals surface area contributed by atoms with E-state index in [0.29, 0.717) is 12.1 Å². The molecule has 1 N–H and O–H groups in total. The fraction of sp³-hybridized carbons (Fsp3) is 0.300. The van der Waals surface area contributed by atoms with Gasteiger partial charge in [0.15, 0.2) is 5.78 Å². The maximum atomic E-state index is 11.4. The van der Waals surface area contributed by atoms with Crippen LogP contribution in [0.1, 0.15) is 36.2 Å². The van der Waals surface area contributed by atoms with Crippen molar-refractivity contribution in [1.82, 2.24) is 14.9 Å². The van der Waals surface area contributed by atoms with Gasteiger partial charge < -0.3 is 9.88 Å². The second kappa shape index (κ2) is 5.87. The number of fused-ring (bicyclic) bond motifs is 1. The molecule has 0 bridgehead atoms. The summed E-state index contributed by atoms with van der Waals surface area (Å²) in [6.07, 6.45) is 4.45. The molecule has 2 aromatic heterocycles. The summed E-state index contributed by atoms with van der Waals surface area (Å²) in [7, 11) is 2.02. The zero-order chi connectivity index (χ0) is 16.7. The van der Waals surface area contributed by atoms with Gasteiger partial charge in [-0.25, -0.2) is 4.98 Å². The fourth-order valence-corrected chi connectivity index (χ4v) is 3.41. The topological polar surface area (TPSA) is 46.9 Å². The molecule has 3 aromatic rings. The van der Waals surface area contributed by atoms with Gasteiger partial charge in [-0.3, -0.25) is 4.79 Å². The van der Waals surface area contributed by atoms with Crippen molar-refractivity contribution in [3.05, 3.63) is 54.2 Å². The summed E-state index contributed by atoms with van der Waals surface area (Å²) in [5.41, 5.74) is 3.76. The first kappa shape index (κ1) is 15.1. The SMILES string of the molecule is CN[C@H]1C[C@H](n2ccc3ccc(-c4ccc(C(C)=O)cc4)nc32)C1. The first-order chi connectivity index (χ1) is 11.7. The van der Waals surface area contributed by atoms with Gasteiger partial charge in [-0.05, 0) is 45.0 Å². The number of hydrogen-bond donors (Lipinski definition) is 1. The number of rotatable bonds is 4. The number of Topliss-reactive ketones (excluding diaryl/α,β-unsaturated/α-hetero) is 1. The zero-order valence-electron chi connectivity index (χ0n) is 14.0. The van der Waals surface area contributed by atoms with Crippen LogP contribution in [0.15, 0.2) is 48.7 Å². The molecular weight excluding hydrogens is 298 g/mol. The van der Waals surface area contributed by atoms with Crippen LogP contribution >= 0.6 is 0 Å². The molecule has 0 atom stereocenters. The predicted octanol–water partition coefficient (Wildman–Crippen LogP) is 3.83. The highest BCUT2D eigenvalue weighted by Gasteiger charge is 2.29. The van der Waals surface area contributed by atoms with Crippen molar-refractivity contribution in [2.75, 3.05) is 7.05 Å². The number of carbonyl (C=O) groups is 1. The molecule has 1 aliphatic rings. The molecule has 0 radical (unpaired) electrons. The van der Waals surface area contributed by atoms with E-state index >= 15 is 0 Å². The van der Waals surface area contributed by atoms with E-state index in [1.165, 1.54) is 5.39 Å². The standard InChI is InChI=1S/C20H21N3O/c1-13(24)14-3-5-15(6-4-14)19-8-7-16-9-10-23(20(16)22-19)18-11-17(12-18)21-2/h3-10,17-18,21H,11-12H2,1-2H3/t17-,18-. The van der Waals surface area contributed by atoms with Gasteiger partial charge in [0.2, 0.25) is 0 Å². The lowest BCUT2D eigenvalue weighted by atomic mass is 9.87. The first-order valence-corrected chi connectivity index (χ1v) is 8.42. The molecule has 1 saturated carbocycles. The molecule has 1 aromatic carbocycles. The molecule has 24 heavy (non-hydrogen) atoms. The van der Waals surface area contributed by atoms with Gasteiger partial charge in [-0.15, -0.1) is 0 Å². The number of nitrogens with zero attached hydrogens (tertiary/aromatic N) is 2. The van der Waals surface area contributed by atoms with E-state index in [0.717, 1.165) is 35.3 Å². The average Bonchev–Trinajstić information content (AvgIpc) is 2.97. The molecule has 4 nitrogen and oxygen atoms in total. The molecule has 0 saturated heterocycles. The number of pyridine rings is 1. The van der Waals surface area contributed by atoms with Gasteiger partial charge in [-0.1, -0.05) is 24.3 Å². The molecule has 0 amide bonds. The second-order valence-electron chi connectivity index (χ2n) is 6.58. The first-order valence-electron chi connectivity index (χ1n) is 8.42. The number of aromatic nitrogens is 2. The summed E-state index contributed by atoms with van der Waals surface area (Å²) in [5, 5.41) is 4.50. The Morgan fingerprint density at radius 1 is 1.12 bits per heavy atom. The zero-order valence-corrected chi connectivity index (χ0v) is 14.0. The molecule has 0 unspecified atom stereocenters. The van der Waals surface area contributed by atoms with Gasteiger partial charge in [-0.2, -0.15) is 0 Å². The number of nitrogens with one attached hydrogen (secondary N) is 1. The van der Waals surface area contributed by atoms with Crippen LogP contribution in [0, 0.1) is 0 Å². The van der Waals surface area contributed by atoms with Crippen molar-refractivity contribution in [3.63, 3.8) is 0 Å². The molecule has 0 aliphatic heterocycles. The number of hydrogen-bond acceptors (Lipinski definition) is 3. The Morgan fingerprint density at radius 2 is 1.88 bits per heavy atom. The van der Waals surface area contributed by atoms with Crippen LogP contribution in [0.2, 0.25) is 0 Å². The Labute approximate surface area is 141 Å². The minimum Gasteiger partial charge on any atom is -0.329 e. The number of carbonyl (C=O) groups excluding carboxylic acids is 1. The third-order valence-corrected chi connectivity index (χ3v) is 5.07. The maximum Gasteiger partial charge on any atom is 0.159 e. The van der Waals surface area contributed by atoms with E-state index in [1.54, 1.807) is 6.92 Å². The third kappa shape index (κ3) is 2.53. The van der Waals surface area contributed by atoms with Gasteiger partial charge >= 0.3 is 0 Å². The molecule has 4 heteroatoms. The van der Waals surface area contributed by atoms with Crippen LogP contribution < -0.4 is 5.32 Å². The normalized spacial score (nSPS) is 20.1. The van der Waals surface area contributed by atoms with Crippen LogP contribution in [0.5, 0.6) is 0 Å². The monoisotopic (exact) mass is 319 g/mol. The lowest BCUT2D eigenvalue weighted by Crippen LogP contribution is -2.40. The summed E-state index contributed by atoms with van der Waals surface area (Å²) in [4.78, 5) is 16.3. The van der Waals surface area contributed by atoms with Crippen molar-refractivity contribution >= 4 is 16.8 Å². The largest absolute Gasteiger partial charge is 0.329 e. The van der Waals surface area contributed by atoms with E-state index in [-0.39, 0.29) is 5.78 Å². The Hall–Kier alpha value is -2.46. The number of benzene rings is 1. The Morgan fingerprint density at radius 3 is 2.54 bits per heavy atom. The Balaban J connectivity index is 1.68. The summed E-state index contributed by atoms with van der Waals surface area (Å²) in [5.74, 6) is 0.0860. The fourth-order valence-electron chi connectivity index (χ4n) is 3.41. The summed E-state index contributed by atoms with van der Waals surface area (Å²) in [6, 6.07) is 15.1.